The molecule has 202 valence electrons. The van der Waals surface area contributed by atoms with Crippen LogP contribution in [0.25, 0.3) is 0 Å². The van der Waals surface area contributed by atoms with Gasteiger partial charge in [-0.2, -0.15) is 0 Å². The molecule has 0 aliphatic carbocycles. The van der Waals surface area contributed by atoms with Crippen molar-refractivity contribution in [3.63, 3.8) is 0 Å². The highest BCUT2D eigenvalue weighted by atomic mass is 19.1. The minimum Gasteiger partial charge on any atom is -0.491 e. The van der Waals surface area contributed by atoms with Crippen LogP contribution < -0.4 is 10.1 Å². The lowest BCUT2D eigenvalue weighted by Gasteiger charge is -2.39. The number of carbonyl (C=O) groups excluding carboxylic acids is 2. The highest BCUT2D eigenvalue weighted by molar-refractivity contribution is 5.74. The molecule has 8 heteroatoms. The van der Waals surface area contributed by atoms with Crippen molar-refractivity contribution in [1.82, 2.24) is 15.1 Å². The van der Waals surface area contributed by atoms with Crippen molar-refractivity contribution in [2.45, 2.75) is 25.2 Å². The minimum absolute atomic E-state index is 0.0606. The van der Waals surface area contributed by atoms with Gasteiger partial charge in [0.05, 0.1) is 0 Å². The third-order valence-electron chi connectivity index (χ3n) is 6.83. The summed E-state index contributed by atoms with van der Waals surface area (Å²) in [5, 5.41) is 3.12. The van der Waals surface area contributed by atoms with Crippen LogP contribution in [0.5, 0.6) is 5.75 Å². The Bertz CT molecular complexity index is 921. The number of likely N-dealkylation sites (N-methyl/N-ethyl adjacent to an activating group) is 1. The van der Waals surface area contributed by atoms with Crippen molar-refractivity contribution in [3.05, 3.63) is 65.7 Å². The molecule has 2 aromatic carbocycles. The molecule has 1 heterocycles. The molecule has 0 aromatic heterocycles. The van der Waals surface area contributed by atoms with E-state index in [4.69, 9.17) is 9.47 Å². The quantitative estimate of drug-likeness (QED) is 0.287. The molecule has 1 aliphatic rings. The number of benzene rings is 2. The predicted octanol–water partition coefficient (Wildman–Crippen LogP) is 4.13. The number of rotatable bonds is 15. The lowest BCUT2D eigenvalue weighted by atomic mass is 9.76. The number of nitrogens with zero attached hydrogens (tertiary/aromatic N) is 2. The molecule has 0 bridgehead atoms. The van der Waals surface area contributed by atoms with E-state index < -0.39 is 6.67 Å². The Kier molecular flexibility index (Phi) is 12.4. The van der Waals surface area contributed by atoms with E-state index in [0.29, 0.717) is 50.9 Å². The molecule has 2 amide bonds. The largest absolute Gasteiger partial charge is 0.491 e. The van der Waals surface area contributed by atoms with E-state index in [9.17, 15) is 14.0 Å². The molecule has 1 aliphatic heterocycles. The van der Waals surface area contributed by atoms with Gasteiger partial charge < -0.3 is 29.4 Å². The van der Waals surface area contributed by atoms with E-state index in [1.54, 1.807) is 0 Å². The average Bonchev–Trinajstić information content (AvgIpc) is 2.95. The van der Waals surface area contributed by atoms with Gasteiger partial charge in [0.15, 0.2) is 0 Å². The topological polar surface area (TPSA) is 71.1 Å². The van der Waals surface area contributed by atoms with Gasteiger partial charge in [0.2, 0.25) is 0 Å². The zero-order valence-corrected chi connectivity index (χ0v) is 21.8. The van der Waals surface area contributed by atoms with E-state index >= 15 is 0 Å². The number of nitrogens with one attached hydrogen (secondary N) is 1. The number of carbonyl (C=O) groups is 2. The maximum atomic E-state index is 13.4. The second-order valence-electron chi connectivity index (χ2n) is 9.29. The first-order valence-corrected chi connectivity index (χ1v) is 13.2. The molecule has 3 rings (SSSR count). The fraction of sp³-hybridized carbons (Fsp3) is 0.517. The van der Waals surface area contributed by atoms with Gasteiger partial charge >= 0.3 is 6.03 Å². The normalized spacial score (nSPS) is 14.8. The molecule has 0 spiro atoms. The number of urea groups is 1. The fourth-order valence-corrected chi connectivity index (χ4v) is 4.99. The molecule has 1 N–H and O–H groups in total. The maximum Gasteiger partial charge on any atom is 0.320 e. The van der Waals surface area contributed by atoms with Crippen LogP contribution in [0.1, 0.15) is 36.3 Å². The number of hydrogen-bond acceptors (Lipinski definition) is 5. The first-order chi connectivity index (χ1) is 18.2. The lowest BCUT2D eigenvalue weighted by Crippen LogP contribution is -2.49. The van der Waals surface area contributed by atoms with Crippen LogP contribution in [-0.4, -0.2) is 88.4 Å². The predicted molar refractivity (Wildman–Crippen MR) is 143 cm³/mol. The van der Waals surface area contributed by atoms with Gasteiger partial charge in [0.25, 0.3) is 0 Å². The summed E-state index contributed by atoms with van der Waals surface area (Å²) in [7, 11) is 1.88. The van der Waals surface area contributed by atoms with Gasteiger partial charge in [0.1, 0.15) is 31.9 Å². The molecule has 0 radical (unpaired) electrons. The highest BCUT2D eigenvalue weighted by Gasteiger charge is 2.32. The van der Waals surface area contributed by atoms with E-state index in [0.717, 1.165) is 25.7 Å². The molecular formula is C29H40FN3O4. The van der Waals surface area contributed by atoms with Crippen molar-refractivity contribution < 1.29 is 23.5 Å². The summed E-state index contributed by atoms with van der Waals surface area (Å²) >= 11 is 0. The van der Waals surface area contributed by atoms with Crippen molar-refractivity contribution in [2.24, 2.45) is 5.92 Å². The SMILES string of the molecule is CNCCN(CCCOCC=O)C(=O)N1CCC(C(c2ccccc2)c2ccc(OCCF)cc2)CC1. The zero-order chi connectivity index (χ0) is 26.3. The Hall–Kier alpha value is -2.97. The number of amides is 2. The molecule has 1 saturated heterocycles. The molecule has 1 unspecified atom stereocenters. The Morgan fingerprint density at radius 2 is 1.78 bits per heavy atom. The summed E-state index contributed by atoms with van der Waals surface area (Å²) in [5.74, 6) is 1.28. The van der Waals surface area contributed by atoms with E-state index in [1.165, 1.54) is 11.1 Å². The number of piperidine rings is 1. The van der Waals surface area contributed by atoms with Gasteiger partial charge in [-0.15, -0.1) is 0 Å². The third-order valence-corrected chi connectivity index (χ3v) is 6.83. The zero-order valence-electron chi connectivity index (χ0n) is 21.8. The van der Waals surface area contributed by atoms with Gasteiger partial charge in [-0.25, -0.2) is 9.18 Å². The molecule has 1 atom stereocenters. The maximum absolute atomic E-state index is 13.4. The molecule has 0 saturated carbocycles. The monoisotopic (exact) mass is 513 g/mol. The summed E-state index contributed by atoms with van der Waals surface area (Å²) in [5.41, 5.74) is 2.46. The standard InChI is InChI=1S/C29H40FN3O4/c1-31-15-19-32(16-5-21-36-23-20-34)29(35)33-17-12-26(13-18-33)28(24-6-3-2-4-7-24)25-8-10-27(11-9-25)37-22-14-30/h2-4,6-11,20,26,28,31H,5,12-19,21-23H2,1H3. The van der Waals surface area contributed by atoms with Crippen LogP contribution in [0.15, 0.2) is 54.6 Å². The molecule has 7 nitrogen and oxygen atoms in total. The van der Waals surface area contributed by atoms with Crippen LogP contribution in [0.2, 0.25) is 0 Å². The number of hydrogen-bond donors (Lipinski definition) is 1. The summed E-state index contributed by atoms with van der Waals surface area (Å²) in [6, 6.07) is 18.6. The second-order valence-corrected chi connectivity index (χ2v) is 9.29. The average molecular weight is 514 g/mol. The highest BCUT2D eigenvalue weighted by Crippen LogP contribution is 2.38. The summed E-state index contributed by atoms with van der Waals surface area (Å²) in [6.07, 6.45) is 3.26. The number of ether oxygens (including phenoxy) is 2. The van der Waals surface area contributed by atoms with Crippen molar-refractivity contribution in [2.75, 3.05) is 66.3 Å². The van der Waals surface area contributed by atoms with E-state index in [1.807, 2.05) is 35.0 Å². The Morgan fingerprint density at radius 1 is 1.08 bits per heavy atom. The first kappa shape index (κ1) is 28.6. The number of halogens is 1. The van der Waals surface area contributed by atoms with Gasteiger partial charge in [-0.1, -0.05) is 42.5 Å². The van der Waals surface area contributed by atoms with Crippen molar-refractivity contribution in [1.29, 1.82) is 0 Å². The van der Waals surface area contributed by atoms with Crippen LogP contribution in [0, 0.1) is 5.92 Å². The number of likely N-dealkylation sites (tertiary alicyclic amines) is 1. The van der Waals surface area contributed by atoms with E-state index in [-0.39, 0.29) is 25.2 Å². The molecule has 1 fully saturated rings. The van der Waals surface area contributed by atoms with Crippen molar-refractivity contribution >= 4 is 12.3 Å². The minimum atomic E-state index is -0.508. The number of aldehydes is 1. The van der Waals surface area contributed by atoms with Crippen LogP contribution in [0.4, 0.5) is 9.18 Å². The van der Waals surface area contributed by atoms with Crippen LogP contribution >= 0.6 is 0 Å². The van der Waals surface area contributed by atoms with Gasteiger partial charge in [0, 0.05) is 45.2 Å². The Morgan fingerprint density at radius 3 is 2.43 bits per heavy atom. The van der Waals surface area contributed by atoms with Crippen LogP contribution in [-0.2, 0) is 9.53 Å². The van der Waals surface area contributed by atoms with Gasteiger partial charge in [-0.05, 0) is 55.5 Å². The Balaban J connectivity index is 1.65. The Labute approximate surface area is 219 Å². The number of alkyl halides is 1. The smallest absolute Gasteiger partial charge is 0.320 e. The fourth-order valence-electron chi connectivity index (χ4n) is 4.99. The summed E-state index contributed by atoms with van der Waals surface area (Å²) < 4.78 is 23.2. The summed E-state index contributed by atoms with van der Waals surface area (Å²) in [4.78, 5) is 27.6. The molecular weight excluding hydrogens is 473 g/mol. The first-order valence-electron chi connectivity index (χ1n) is 13.2. The lowest BCUT2D eigenvalue weighted by molar-refractivity contribution is -0.111. The van der Waals surface area contributed by atoms with E-state index in [2.05, 4.69) is 41.7 Å². The second kappa shape index (κ2) is 16.0. The third kappa shape index (κ3) is 8.83. The van der Waals surface area contributed by atoms with Gasteiger partial charge in [-0.3, -0.25) is 0 Å². The summed E-state index contributed by atoms with van der Waals surface area (Å²) in [6.45, 7) is 3.48. The van der Waals surface area contributed by atoms with Crippen molar-refractivity contribution in [3.8, 4) is 5.75 Å². The van der Waals surface area contributed by atoms with Crippen LogP contribution in [0.3, 0.4) is 0 Å². The molecule has 2 aromatic rings. The molecule has 37 heavy (non-hydrogen) atoms.